The molecule has 0 radical (unpaired) electrons. The minimum absolute atomic E-state index is 0.661. The summed E-state index contributed by atoms with van der Waals surface area (Å²) in [6.07, 6.45) is 7.54. The molecule has 0 bridgehead atoms. The lowest BCUT2D eigenvalue weighted by molar-refractivity contribution is 0.0980. The normalized spacial score (nSPS) is 14.8. The predicted molar refractivity (Wildman–Crippen MR) is 76.5 cm³/mol. The number of nitrogens with one attached hydrogen (secondary N) is 1. The number of unbranched alkanes of at least 4 members (excludes halogenated alkanes) is 1. The van der Waals surface area contributed by atoms with E-state index in [4.69, 9.17) is 4.74 Å². The molecule has 0 saturated heterocycles. The van der Waals surface area contributed by atoms with E-state index in [1.807, 2.05) is 0 Å². The van der Waals surface area contributed by atoms with Crippen molar-refractivity contribution in [3.63, 3.8) is 0 Å². The van der Waals surface area contributed by atoms with Crippen molar-refractivity contribution in [1.29, 1.82) is 0 Å². The largest absolute Gasteiger partial charge is 0.381 e. The molecule has 0 fully saturated rings. The third kappa shape index (κ3) is 12.2. The van der Waals surface area contributed by atoms with Crippen LogP contribution in [0.2, 0.25) is 0 Å². The molecular formula is C15H33NO. The number of ether oxygens (including phenoxy) is 1. The summed E-state index contributed by atoms with van der Waals surface area (Å²) < 4.78 is 5.69. The molecule has 2 atom stereocenters. The average Bonchev–Trinajstić information content (AvgIpc) is 2.31. The Labute approximate surface area is 109 Å². The highest BCUT2D eigenvalue weighted by Crippen LogP contribution is 2.06. The van der Waals surface area contributed by atoms with Crippen LogP contribution < -0.4 is 5.32 Å². The predicted octanol–water partition coefficient (Wildman–Crippen LogP) is 4.00. The third-order valence-electron chi connectivity index (χ3n) is 3.10. The average molecular weight is 243 g/mol. The van der Waals surface area contributed by atoms with Gasteiger partial charge in [-0.25, -0.2) is 0 Å². The van der Waals surface area contributed by atoms with E-state index in [1.165, 1.54) is 38.5 Å². The van der Waals surface area contributed by atoms with E-state index in [1.54, 1.807) is 0 Å². The van der Waals surface area contributed by atoms with E-state index in [0.29, 0.717) is 6.04 Å². The maximum Gasteiger partial charge on any atom is 0.0491 e. The summed E-state index contributed by atoms with van der Waals surface area (Å²) >= 11 is 0. The monoisotopic (exact) mass is 243 g/mol. The molecule has 0 aromatic carbocycles. The van der Waals surface area contributed by atoms with Crippen molar-refractivity contribution < 1.29 is 4.74 Å². The van der Waals surface area contributed by atoms with E-state index < -0.39 is 0 Å². The minimum Gasteiger partial charge on any atom is -0.381 e. The van der Waals surface area contributed by atoms with Gasteiger partial charge in [-0.05, 0) is 51.5 Å². The minimum atomic E-state index is 0.661. The van der Waals surface area contributed by atoms with Crippen LogP contribution in [0.25, 0.3) is 0 Å². The molecular weight excluding hydrogens is 210 g/mol. The van der Waals surface area contributed by atoms with E-state index in [0.717, 1.165) is 25.7 Å². The lowest BCUT2D eigenvalue weighted by Crippen LogP contribution is -2.26. The van der Waals surface area contributed by atoms with Gasteiger partial charge in [0.05, 0.1) is 0 Å². The van der Waals surface area contributed by atoms with Crippen molar-refractivity contribution in [3.8, 4) is 0 Å². The van der Waals surface area contributed by atoms with Crippen LogP contribution in [0.4, 0.5) is 0 Å². The van der Waals surface area contributed by atoms with Crippen molar-refractivity contribution in [3.05, 3.63) is 0 Å². The molecule has 0 saturated carbocycles. The van der Waals surface area contributed by atoms with E-state index in [-0.39, 0.29) is 0 Å². The molecule has 17 heavy (non-hydrogen) atoms. The lowest BCUT2D eigenvalue weighted by atomic mass is 10.1. The Hall–Kier alpha value is -0.0800. The molecule has 0 aromatic heterocycles. The zero-order valence-corrected chi connectivity index (χ0v) is 12.4. The van der Waals surface area contributed by atoms with Crippen molar-refractivity contribution in [2.24, 2.45) is 5.92 Å². The van der Waals surface area contributed by atoms with E-state index >= 15 is 0 Å². The summed E-state index contributed by atoms with van der Waals surface area (Å²) in [6.45, 7) is 12.0. The van der Waals surface area contributed by atoms with Gasteiger partial charge in [-0.3, -0.25) is 0 Å². The van der Waals surface area contributed by atoms with Gasteiger partial charge in [0.2, 0.25) is 0 Å². The third-order valence-corrected chi connectivity index (χ3v) is 3.10. The Morgan fingerprint density at radius 1 is 1.00 bits per heavy atom. The van der Waals surface area contributed by atoms with Crippen molar-refractivity contribution in [1.82, 2.24) is 5.32 Å². The summed E-state index contributed by atoms with van der Waals surface area (Å²) in [5, 5.41) is 3.52. The van der Waals surface area contributed by atoms with Crippen LogP contribution in [0.3, 0.4) is 0 Å². The maximum absolute atomic E-state index is 5.69. The standard InChI is InChI=1S/C15H33NO/c1-5-9-14(3)13-17-12-8-7-10-15(4)16-11-6-2/h14-16H,5-13H2,1-4H3. The van der Waals surface area contributed by atoms with Gasteiger partial charge < -0.3 is 10.1 Å². The molecule has 0 aliphatic carbocycles. The van der Waals surface area contributed by atoms with Gasteiger partial charge in [-0.2, -0.15) is 0 Å². The first kappa shape index (κ1) is 16.9. The summed E-state index contributed by atoms with van der Waals surface area (Å²) in [5.41, 5.74) is 0. The maximum atomic E-state index is 5.69. The summed E-state index contributed by atoms with van der Waals surface area (Å²) in [7, 11) is 0. The first-order valence-corrected chi connectivity index (χ1v) is 7.51. The Morgan fingerprint density at radius 3 is 2.41 bits per heavy atom. The smallest absolute Gasteiger partial charge is 0.0491 e. The van der Waals surface area contributed by atoms with Crippen LogP contribution in [0, 0.1) is 5.92 Å². The zero-order chi connectivity index (χ0) is 12.9. The van der Waals surface area contributed by atoms with Gasteiger partial charge >= 0.3 is 0 Å². The van der Waals surface area contributed by atoms with Gasteiger partial charge in [0.15, 0.2) is 0 Å². The van der Waals surface area contributed by atoms with Crippen LogP contribution in [0.1, 0.15) is 66.2 Å². The molecule has 2 nitrogen and oxygen atoms in total. The van der Waals surface area contributed by atoms with Crippen LogP contribution in [-0.2, 0) is 4.74 Å². The summed E-state index contributed by atoms with van der Waals surface area (Å²) in [6, 6.07) is 0.661. The van der Waals surface area contributed by atoms with Crippen LogP contribution in [0.15, 0.2) is 0 Å². The molecule has 0 heterocycles. The second-order valence-electron chi connectivity index (χ2n) is 5.32. The molecule has 2 unspecified atom stereocenters. The van der Waals surface area contributed by atoms with Crippen molar-refractivity contribution in [2.45, 2.75) is 72.3 Å². The molecule has 0 amide bonds. The first-order chi connectivity index (χ1) is 8.20. The fraction of sp³-hybridized carbons (Fsp3) is 1.00. The van der Waals surface area contributed by atoms with Gasteiger partial charge in [0.1, 0.15) is 0 Å². The van der Waals surface area contributed by atoms with Crippen LogP contribution >= 0.6 is 0 Å². The van der Waals surface area contributed by atoms with Crippen molar-refractivity contribution >= 4 is 0 Å². The van der Waals surface area contributed by atoms with E-state index in [2.05, 4.69) is 33.0 Å². The van der Waals surface area contributed by atoms with Gasteiger partial charge in [-0.15, -0.1) is 0 Å². The molecule has 1 N–H and O–H groups in total. The highest BCUT2D eigenvalue weighted by atomic mass is 16.5. The van der Waals surface area contributed by atoms with Crippen molar-refractivity contribution in [2.75, 3.05) is 19.8 Å². The fourth-order valence-electron chi connectivity index (χ4n) is 2.01. The Balaban J connectivity index is 3.17. The molecule has 104 valence electrons. The second kappa shape index (κ2) is 12.4. The molecule has 0 aliphatic heterocycles. The number of rotatable bonds is 12. The first-order valence-electron chi connectivity index (χ1n) is 7.51. The van der Waals surface area contributed by atoms with Crippen LogP contribution in [-0.4, -0.2) is 25.8 Å². The Kier molecular flexibility index (Phi) is 12.3. The van der Waals surface area contributed by atoms with Gasteiger partial charge in [-0.1, -0.05) is 27.2 Å². The number of hydrogen-bond donors (Lipinski definition) is 1. The van der Waals surface area contributed by atoms with E-state index in [9.17, 15) is 0 Å². The highest BCUT2D eigenvalue weighted by Gasteiger charge is 2.02. The molecule has 2 heteroatoms. The Morgan fingerprint density at radius 2 is 1.76 bits per heavy atom. The molecule has 0 spiro atoms. The SMILES string of the molecule is CCCNC(C)CCCCOCC(C)CCC. The summed E-state index contributed by atoms with van der Waals surface area (Å²) in [4.78, 5) is 0. The zero-order valence-electron chi connectivity index (χ0n) is 12.4. The highest BCUT2D eigenvalue weighted by molar-refractivity contribution is 4.59. The fourth-order valence-corrected chi connectivity index (χ4v) is 2.01. The van der Waals surface area contributed by atoms with Gasteiger partial charge in [0.25, 0.3) is 0 Å². The second-order valence-corrected chi connectivity index (χ2v) is 5.32. The van der Waals surface area contributed by atoms with Gasteiger partial charge in [0, 0.05) is 19.3 Å². The molecule has 0 rings (SSSR count). The quantitative estimate of drug-likeness (QED) is 0.523. The topological polar surface area (TPSA) is 21.3 Å². The van der Waals surface area contributed by atoms with Crippen LogP contribution in [0.5, 0.6) is 0 Å². The lowest BCUT2D eigenvalue weighted by Gasteiger charge is -2.13. The Bertz CT molecular complexity index is 150. The molecule has 0 aromatic rings. The molecule has 0 aliphatic rings. The number of hydrogen-bond acceptors (Lipinski definition) is 2. The summed E-state index contributed by atoms with van der Waals surface area (Å²) in [5.74, 6) is 0.727.